The zero-order valence-electron chi connectivity index (χ0n) is 10.2. The molecule has 0 aliphatic carbocycles. The van der Waals surface area contributed by atoms with Gasteiger partial charge in [0.25, 0.3) is 11.8 Å². The molecule has 1 aromatic rings. The van der Waals surface area contributed by atoms with Gasteiger partial charge in [-0.15, -0.1) is 11.3 Å². The van der Waals surface area contributed by atoms with Crippen LogP contribution in [0.15, 0.2) is 23.3 Å². The smallest absolute Gasteiger partial charge is 0.296 e. The van der Waals surface area contributed by atoms with Crippen molar-refractivity contribution >= 4 is 28.7 Å². The van der Waals surface area contributed by atoms with Crippen molar-refractivity contribution in [1.82, 2.24) is 4.90 Å². The Bertz CT molecular complexity index is 490. The number of aliphatic hydroxyl groups excluding tert-OH is 1. The second-order valence-corrected chi connectivity index (χ2v) is 5.12. The summed E-state index contributed by atoms with van der Waals surface area (Å²) in [5.74, 6) is -1.37. The molecule has 1 N–H and O–H groups in total. The van der Waals surface area contributed by atoms with Crippen molar-refractivity contribution in [3.05, 3.63) is 28.1 Å². The second kappa shape index (κ2) is 5.35. The number of rotatable bonds is 5. The predicted molar refractivity (Wildman–Crippen MR) is 70.1 cm³/mol. The number of hydrogen-bond acceptors (Lipinski definition) is 4. The molecule has 0 bridgehead atoms. The Kier molecular flexibility index (Phi) is 3.81. The largest absolute Gasteiger partial charge is 0.502 e. The van der Waals surface area contributed by atoms with Gasteiger partial charge >= 0.3 is 0 Å². The predicted octanol–water partition coefficient (Wildman–Crippen LogP) is 2.58. The normalized spacial score (nSPS) is 15.9. The molecule has 0 radical (unpaired) electrons. The maximum Gasteiger partial charge on any atom is 0.296 e. The molecule has 0 saturated carbocycles. The zero-order valence-corrected chi connectivity index (χ0v) is 11.0. The Morgan fingerprint density at radius 1 is 1.28 bits per heavy atom. The van der Waals surface area contributed by atoms with Crippen LogP contribution in [0.1, 0.15) is 31.1 Å². The number of carbonyl (C=O) groups excluding carboxylic acids is 2. The standard InChI is InChI=1S/C13H15NO3S/c1-2-3-4-7-14-12(16)10(11(15)13(14)17)9-6-5-8-18-9/h5-6,8,15H,2-4,7H2,1H3. The number of thiophene rings is 1. The van der Waals surface area contributed by atoms with Crippen molar-refractivity contribution in [3.8, 4) is 0 Å². The maximum absolute atomic E-state index is 12.1. The molecule has 0 fully saturated rings. The molecule has 0 saturated heterocycles. The minimum absolute atomic E-state index is 0.145. The average Bonchev–Trinajstić information content (AvgIpc) is 2.93. The van der Waals surface area contributed by atoms with Gasteiger partial charge in [-0.25, -0.2) is 0 Å². The first-order valence-electron chi connectivity index (χ1n) is 6.00. The Morgan fingerprint density at radius 2 is 2.06 bits per heavy atom. The van der Waals surface area contributed by atoms with Crippen molar-refractivity contribution < 1.29 is 14.7 Å². The van der Waals surface area contributed by atoms with Gasteiger partial charge in [0.05, 0.1) is 0 Å². The first kappa shape index (κ1) is 12.8. The lowest BCUT2D eigenvalue weighted by atomic mass is 10.2. The van der Waals surface area contributed by atoms with Crippen molar-refractivity contribution in [2.75, 3.05) is 6.54 Å². The summed E-state index contributed by atoms with van der Waals surface area (Å²) in [6, 6.07) is 3.52. The first-order chi connectivity index (χ1) is 8.66. The lowest BCUT2D eigenvalue weighted by Gasteiger charge is -2.13. The van der Waals surface area contributed by atoms with E-state index in [1.54, 1.807) is 12.1 Å². The van der Waals surface area contributed by atoms with Crippen LogP contribution in [0, 0.1) is 0 Å². The maximum atomic E-state index is 12.1. The van der Waals surface area contributed by atoms with E-state index in [4.69, 9.17) is 0 Å². The van der Waals surface area contributed by atoms with Crippen molar-refractivity contribution in [2.45, 2.75) is 26.2 Å². The first-order valence-corrected chi connectivity index (χ1v) is 6.88. The van der Waals surface area contributed by atoms with Gasteiger partial charge in [0.1, 0.15) is 5.57 Å². The molecule has 0 unspecified atom stereocenters. The molecule has 4 nitrogen and oxygen atoms in total. The molecule has 1 aliphatic heterocycles. The van der Waals surface area contributed by atoms with Crippen LogP contribution < -0.4 is 0 Å². The number of nitrogens with zero attached hydrogens (tertiary/aromatic N) is 1. The van der Waals surface area contributed by atoms with E-state index < -0.39 is 11.7 Å². The summed E-state index contributed by atoms with van der Waals surface area (Å²) in [6.07, 6.45) is 2.76. The fourth-order valence-corrected chi connectivity index (χ4v) is 2.69. The van der Waals surface area contributed by atoms with Gasteiger partial charge in [0.15, 0.2) is 5.76 Å². The molecule has 1 aromatic heterocycles. The highest BCUT2D eigenvalue weighted by Crippen LogP contribution is 2.30. The molecular weight excluding hydrogens is 250 g/mol. The Morgan fingerprint density at radius 3 is 2.67 bits per heavy atom. The molecule has 0 atom stereocenters. The van der Waals surface area contributed by atoms with Crippen LogP contribution in [0.4, 0.5) is 0 Å². The van der Waals surface area contributed by atoms with Gasteiger partial charge in [0, 0.05) is 11.4 Å². The summed E-state index contributed by atoms with van der Waals surface area (Å²) in [7, 11) is 0. The lowest BCUT2D eigenvalue weighted by Crippen LogP contribution is -2.32. The highest BCUT2D eigenvalue weighted by Gasteiger charge is 2.39. The third kappa shape index (κ3) is 2.18. The monoisotopic (exact) mass is 265 g/mol. The topological polar surface area (TPSA) is 57.6 Å². The molecule has 96 valence electrons. The zero-order chi connectivity index (χ0) is 13.1. The lowest BCUT2D eigenvalue weighted by molar-refractivity contribution is -0.138. The fourth-order valence-electron chi connectivity index (χ4n) is 1.93. The number of unbranched alkanes of at least 4 members (excludes halogenated alkanes) is 2. The molecule has 2 rings (SSSR count). The van der Waals surface area contributed by atoms with E-state index in [9.17, 15) is 14.7 Å². The third-order valence-corrected chi connectivity index (χ3v) is 3.78. The second-order valence-electron chi connectivity index (χ2n) is 4.17. The Labute approximate surface area is 110 Å². The van der Waals surface area contributed by atoms with Crippen LogP contribution in [0.3, 0.4) is 0 Å². The SMILES string of the molecule is CCCCCN1C(=O)C(O)=C(c2cccs2)C1=O. The van der Waals surface area contributed by atoms with Gasteiger partial charge in [-0.1, -0.05) is 25.8 Å². The Hall–Kier alpha value is -1.62. The van der Waals surface area contributed by atoms with Crippen LogP contribution in [0.5, 0.6) is 0 Å². The van der Waals surface area contributed by atoms with E-state index in [1.807, 2.05) is 5.38 Å². The molecule has 0 aromatic carbocycles. The van der Waals surface area contributed by atoms with Crippen molar-refractivity contribution in [3.63, 3.8) is 0 Å². The van der Waals surface area contributed by atoms with E-state index in [0.717, 1.165) is 24.2 Å². The van der Waals surface area contributed by atoms with E-state index in [0.29, 0.717) is 11.4 Å². The number of carbonyl (C=O) groups is 2. The number of imide groups is 1. The quantitative estimate of drug-likeness (QED) is 0.657. The summed E-state index contributed by atoms with van der Waals surface area (Å²) in [6.45, 7) is 2.44. The number of amides is 2. The summed E-state index contributed by atoms with van der Waals surface area (Å²) in [5.41, 5.74) is 0.145. The van der Waals surface area contributed by atoms with E-state index in [1.165, 1.54) is 11.3 Å². The Balaban J connectivity index is 2.18. The summed E-state index contributed by atoms with van der Waals surface area (Å²) in [5, 5.41) is 11.6. The molecule has 2 amide bonds. The van der Waals surface area contributed by atoms with E-state index in [-0.39, 0.29) is 11.5 Å². The van der Waals surface area contributed by atoms with Gasteiger partial charge in [0.2, 0.25) is 0 Å². The minimum Gasteiger partial charge on any atom is -0.502 e. The summed E-state index contributed by atoms with van der Waals surface area (Å²) < 4.78 is 0. The van der Waals surface area contributed by atoms with Crippen molar-refractivity contribution in [2.24, 2.45) is 0 Å². The van der Waals surface area contributed by atoms with E-state index in [2.05, 4.69) is 6.92 Å². The molecule has 2 heterocycles. The molecule has 0 spiro atoms. The van der Waals surface area contributed by atoms with E-state index >= 15 is 0 Å². The van der Waals surface area contributed by atoms with Crippen LogP contribution in [0.2, 0.25) is 0 Å². The van der Waals surface area contributed by atoms with Gasteiger partial charge < -0.3 is 5.11 Å². The average molecular weight is 265 g/mol. The molecular formula is C13H15NO3S. The molecule has 1 aliphatic rings. The number of hydrogen-bond donors (Lipinski definition) is 1. The fraction of sp³-hybridized carbons (Fsp3) is 0.385. The highest BCUT2D eigenvalue weighted by atomic mass is 32.1. The molecule has 18 heavy (non-hydrogen) atoms. The van der Waals surface area contributed by atoms with Crippen LogP contribution in [-0.2, 0) is 9.59 Å². The van der Waals surface area contributed by atoms with Crippen molar-refractivity contribution in [1.29, 1.82) is 0 Å². The molecule has 5 heteroatoms. The summed E-state index contributed by atoms with van der Waals surface area (Å²) in [4.78, 5) is 25.7. The minimum atomic E-state index is -0.570. The van der Waals surface area contributed by atoms with Gasteiger partial charge in [-0.2, -0.15) is 0 Å². The third-order valence-electron chi connectivity index (χ3n) is 2.90. The van der Waals surface area contributed by atoms with Crippen LogP contribution >= 0.6 is 11.3 Å². The summed E-state index contributed by atoms with van der Waals surface area (Å²) >= 11 is 1.34. The highest BCUT2D eigenvalue weighted by molar-refractivity contribution is 7.11. The number of aliphatic hydroxyl groups is 1. The van der Waals surface area contributed by atoms with Crippen LogP contribution in [0.25, 0.3) is 5.57 Å². The van der Waals surface area contributed by atoms with Gasteiger partial charge in [-0.3, -0.25) is 14.5 Å². The van der Waals surface area contributed by atoms with Gasteiger partial charge in [-0.05, 0) is 17.9 Å². The van der Waals surface area contributed by atoms with Crippen LogP contribution in [-0.4, -0.2) is 28.4 Å².